The Kier molecular flexibility index (Phi) is 6.40. The lowest BCUT2D eigenvalue weighted by molar-refractivity contribution is -0.145. The summed E-state index contributed by atoms with van der Waals surface area (Å²) >= 11 is 0. The Morgan fingerprint density at radius 2 is 1.86 bits per heavy atom. The first-order chi connectivity index (χ1) is 5.72. The first-order valence-electron chi connectivity index (χ1n) is 4.36. The highest BCUT2D eigenvalue weighted by molar-refractivity contribution is 5.87. The average Bonchev–Trinajstić information content (AvgIpc) is 1.81. The van der Waals surface area contributed by atoms with Gasteiger partial charge in [0.2, 0.25) is 0 Å². The standard InChI is InChI=1S/C10H19NO2.FH/c1-7(2)9(12)13-8(3)11-10(4,5)6;/h8,11H,1H2,2-6H3;1H. The summed E-state index contributed by atoms with van der Waals surface area (Å²) in [6, 6.07) is 0. The van der Waals surface area contributed by atoms with Gasteiger partial charge in [-0.1, -0.05) is 6.58 Å². The highest BCUT2D eigenvalue weighted by Gasteiger charge is 2.16. The molecule has 0 spiro atoms. The normalized spacial score (nSPS) is 12.6. The molecule has 0 bridgehead atoms. The molecule has 0 amide bonds. The maximum absolute atomic E-state index is 11.1. The molecular weight excluding hydrogens is 185 g/mol. The summed E-state index contributed by atoms with van der Waals surface area (Å²) in [5.41, 5.74) is 0.358. The van der Waals surface area contributed by atoms with Crippen LogP contribution in [0.1, 0.15) is 34.6 Å². The van der Waals surface area contributed by atoms with Crippen molar-refractivity contribution in [3.05, 3.63) is 12.2 Å². The molecule has 0 radical (unpaired) electrons. The van der Waals surface area contributed by atoms with Crippen molar-refractivity contribution in [1.29, 1.82) is 0 Å². The SMILES string of the molecule is C=C(C)C(=O)OC(C)NC(C)(C)C.F. The predicted octanol–water partition coefficient (Wildman–Crippen LogP) is 1.99. The van der Waals surface area contributed by atoms with E-state index in [1.165, 1.54) is 0 Å². The molecule has 0 aromatic heterocycles. The number of nitrogens with one attached hydrogen (secondary N) is 1. The zero-order valence-corrected chi connectivity index (χ0v) is 9.51. The smallest absolute Gasteiger partial charge is 0.334 e. The van der Waals surface area contributed by atoms with E-state index in [2.05, 4.69) is 11.9 Å². The summed E-state index contributed by atoms with van der Waals surface area (Å²) in [6.45, 7) is 13.0. The van der Waals surface area contributed by atoms with Crippen LogP contribution in [0.5, 0.6) is 0 Å². The van der Waals surface area contributed by atoms with Gasteiger partial charge < -0.3 is 4.74 Å². The molecule has 0 heterocycles. The van der Waals surface area contributed by atoms with Crippen LogP contribution in [0.15, 0.2) is 12.2 Å². The van der Waals surface area contributed by atoms with Crippen LogP contribution in [-0.2, 0) is 9.53 Å². The fourth-order valence-electron chi connectivity index (χ4n) is 0.900. The van der Waals surface area contributed by atoms with Gasteiger partial charge in [-0.15, -0.1) is 0 Å². The van der Waals surface area contributed by atoms with Crippen molar-refractivity contribution in [2.45, 2.75) is 46.4 Å². The van der Waals surface area contributed by atoms with Gasteiger partial charge in [0.05, 0.1) is 0 Å². The van der Waals surface area contributed by atoms with E-state index in [0.29, 0.717) is 5.57 Å². The minimum atomic E-state index is -0.357. The highest BCUT2D eigenvalue weighted by Crippen LogP contribution is 2.03. The molecular formula is C10H20FNO2. The highest BCUT2D eigenvalue weighted by atomic mass is 19.0. The third kappa shape index (κ3) is 7.73. The van der Waals surface area contributed by atoms with Crippen molar-refractivity contribution in [3.8, 4) is 0 Å². The Morgan fingerprint density at radius 1 is 1.43 bits per heavy atom. The van der Waals surface area contributed by atoms with Crippen LogP contribution in [-0.4, -0.2) is 17.7 Å². The van der Waals surface area contributed by atoms with Crippen LogP contribution in [0.25, 0.3) is 0 Å². The Hall–Kier alpha value is -0.900. The quantitative estimate of drug-likeness (QED) is 0.435. The van der Waals surface area contributed by atoms with Gasteiger partial charge in [0.25, 0.3) is 0 Å². The molecule has 4 heteroatoms. The van der Waals surface area contributed by atoms with Gasteiger partial charge in [-0.25, -0.2) is 4.79 Å². The maximum atomic E-state index is 11.1. The molecule has 1 atom stereocenters. The number of hydrogen-bond acceptors (Lipinski definition) is 3. The molecule has 0 saturated carbocycles. The first-order valence-corrected chi connectivity index (χ1v) is 4.36. The zero-order chi connectivity index (χ0) is 10.6. The third-order valence-electron chi connectivity index (χ3n) is 1.27. The maximum Gasteiger partial charge on any atom is 0.334 e. The van der Waals surface area contributed by atoms with Gasteiger partial charge in [0.15, 0.2) is 6.23 Å². The third-order valence-corrected chi connectivity index (χ3v) is 1.27. The van der Waals surface area contributed by atoms with Gasteiger partial charge in [-0.3, -0.25) is 10.0 Å². The molecule has 0 aromatic carbocycles. The Morgan fingerprint density at radius 3 is 2.14 bits per heavy atom. The molecule has 0 fully saturated rings. The number of esters is 1. The lowest BCUT2D eigenvalue weighted by Crippen LogP contribution is -2.44. The van der Waals surface area contributed by atoms with E-state index < -0.39 is 0 Å². The second-order valence-electron chi connectivity index (χ2n) is 4.22. The molecule has 0 rings (SSSR count). The van der Waals surface area contributed by atoms with Gasteiger partial charge in [-0.05, 0) is 34.6 Å². The molecule has 0 aromatic rings. The number of hydrogen-bond donors (Lipinski definition) is 1. The van der Waals surface area contributed by atoms with Crippen molar-refractivity contribution in [2.75, 3.05) is 0 Å². The van der Waals surface area contributed by atoms with Crippen molar-refractivity contribution in [3.63, 3.8) is 0 Å². The van der Waals surface area contributed by atoms with E-state index in [1.807, 2.05) is 20.8 Å². The van der Waals surface area contributed by atoms with E-state index in [9.17, 15) is 4.79 Å². The molecule has 0 saturated heterocycles. The number of rotatable bonds is 3. The fraction of sp³-hybridized carbons (Fsp3) is 0.700. The van der Waals surface area contributed by atoms with Crippen molar-refractivity contribution in [1.82, 2.24) is 5.32 Å². The second-order valence-corrected chi connectivity index (χ2v) is 4.22. The first kappa shape index (κ1) is 15.6. The molecule has 0 aliphatic rings. The van der Waals surface area contributed by atoms with Gasteiger partial charge >= 0.3 is 5.97 Å². The monoisotopic (exact) mass is 205 g/mol. The number of halogens is 1. The van der Waals surface area contributed by atoms with Gasteiger partial charge in [0.1, 0.15) is 0 Å². The second kappa shape index (κ2) is 5.75. The van der Waals surface area contributed by atoms with Crippen LogP contribution in [0.4, 0.5) is 4.70 Å². The Labute approximate surface area is 84.9 Å². The lowest BCUT2D eigenvalue weighted by Gasteiger charge is -2.25. The fourth-order valence-corrected chi connectivity index (χ4v) is 0.900. The number of carbonyl (C=O) groups is 1. The average molecular weight is 205 g/mol. The summed E-state index contributed by atoms with van der Waals surface area (Å²) in [4.78, 5) is 11.1. The van der Waals surface area contributed by atoms with Crippen LogP contribution in [0.3, 0.4) is 0 Å². The molecule has 1 unspecified atom stereocenters. The minimum Gasteiger partial charge on any atom is -0.444 e. The summed E-state index contributed by atoms with van der Waals surface area (Å²) in [5.74, 6) is -0.357. The molecule has 14 heavy (non-hydrogen) atoms. The molecule has 0 aliphatic heterocycles. The van der Waals surface area contributed by atoms with E-state index in [1.54, 1.807) is 13.8 Å². The number of ether oxygens (including phenoxy) is 1. The summed E-state index contributed by atoms with van der Waals surface area (Å²) in [5, 5.41) is 3.12. The largest absolute Gasteiger partial charge is 0.444 e. The van der Waals surface area contributed by atoms with Gasteiger partial charge in [-0.2, -0.15) is 0 Å². The van der Waals surface area contributed by atoms with Crippen LogP contribution < -0.4 is 5.32 Å². The van der Waals surface area contributed by atoms with Crippen LogP contribution >= 0.6 is 0 Å². The van der Waals surface area contributed by atoms with E-state index >= 15 is 0 Å². The van der Waals surface area contributed by atoms with Crippen LogP contribution in [0.2, 0.25) is 0 Å². The Bertz CT molecular complexity index is 209. The van der Waals surface area contributed by atoms with E-state index in [-0.39, 0.29) is 22.4 Å². The van der Waals surface area contributed by atoms with Crippen LogP contribution in [0, 0.1) is 0 Å². The zero-order valence-electron chi connectivity index (χ0n) is 9.51. The molecule has 1 N–H and O–H groups in total. The van der Waals surface area contributed by atoms with Crippen molar-refractivity contribution >= 4 is 5.97 Å². The summed E-state index contributed by atoms with van der Waals surface area (Å²) in [6.07, 6.45) is -0.288. The van der Waals surface area contributed by atoms with Gasteiger partial charge in [0, 0.05) is 11.1 Å². The molecule has 3 nitrogen and oxygen atoms in total. The minimum absolute atomic E-state index is 0. The molecule has 0 aliphatic carbocycles. The van der Waals surface area contributed by atoms with Crippen molar-refractivity contribution < 1.29 is 14.2 Å². The van der Waals surface area contributed by atoms with E-state index in [0.717, 1.165) is 0 Å². The predicted molar refractivity (Wildman–Crippen MR) is 55.8 cm³/mol. The summed E-state index contributed by atoms with van der Waals surface area (Å²) in [7, 11) is 0. The Balaban J connectivity index is 0. The molecule has 84 valence electrons. The number of carbonyl (C=O) groups excluding carboxylic acids is 1. The topological polar surface area (TPSA) is 38.3 Å². The van der Waals surface area contributed by atoms with E-state index in [4.69, 9.17) is 4.74 Å². The van der Waals surface area contributed by atoms with Crippen molar-refractivity contribution in [2.24, 2.45) is 0 Å². The summed E-state index contributed by atoms with van der Waals surface area (Å²) < 4.78 is 5.04. The lowest BCUT2D eigenvalue weighted by atomic mass is 10.1.